The number of nitrogens with zero attached hydrogens (tertiary/aromatic N) is 3. The minimum absolute atomic E-state index is 0.602. The lowest BCUT2D eigenvalue weighted by atomic mass is 10.2. The van der Waals surface area contributed by atoms with E-state index in [0.29, 0.717) is 6.04 Å². The Balaban J connectivity index is 1.66. The summed E-state index contributed by atoms with van der Waals surface area (Å²) in [7, 11) is 0. The van der Waals surface area contributed by atoms with E-state index in [1.54, 1.807) is 0 Å². The van der Waals surface area contributed by atoms with E-state index in [-0.39, 0.29) is 0 Å². The van der Waals surface area contributed by atoms with Crippen molar-refractivity contribution >= 4 is 5.69 Å². The van der Waals surface area contributed by atoms with Crippen LogP contribution in [0.5, 0.6) is 0 Å². The summed E-state index contributed by atoms with van der Waals surface area (Å²) >= 11 is 0. The second-order valence-corrected chi connectivity index (χ2v) is 5.31. The third-order valence-corrected chi connectivity index (χ3v) is 3.87. The zero-order valence-electron chi connectivity index (χ0n) is 11.3. The molecule has 3 rings (SSSR count). The van der Waals surface area contributed by atoms with Crippen molar-refractivity contribution in [3.8, 4) is 0 Å². The van der Waals surface area contributed by atoms with E-state index in [0.717, 1.165) is 18.1 Å². The molecule has 1 heterocycles. The summed E-state index contributed by atoms with van der Waals surface area (Å²) in [6.07, 6.45) is 7.05. The largest absolute Gasteiger partial charge is 0.378 e. The van der Waals surface area contributed by atoms with Crippen LogP contribution in [0.3, 0.4) is 0 Å². The molecular weight excluding hydrogens is 236 g/mol. The molecule has 19 heavy (non-hydrogen) atoms. The summed E-state index contributed by atoms with van der Waals surface area (Å²) in [5, 5.41) is 11.7. The highest BCUT2D eigenvalue weighted by molar-refractivity contribution is 5.44. The Bertz CT molecular complexity index is 523. The van der Waals surface area contributed by atoms with Crippen molar-refractivity contribution in [2.45, 2.75) is 45.2 Å². The summed E-state index contributed by atoms with van der Waals surface area (Å²) < 4.78 is 2.24. The van der Waals surface area contributed by atoms with E-state index in [2.05, 4.69) is 51.3 Å². The van der Waals surface area contributed by atoms with Crippen LogP contribution >= 0.6 is 0 Å². The third-order valence-electron chi connectivity index (χ3n) is 3.87. The number of benzene rings is 1. The van der Waals surface area contributed by atoms with Gasteiger partial charge in [0, 0.05) is 11.7 Å². The van der Waals surface area contributed by atoms with Gasteiger partial charge in [-0.25, -0.2) is 0 Å². The first-order valence-electron chi connectivity index (χ1n) is 7.02. The van der Waals surface area contributed by atoms with Crippen LogP contribution in [0.2, 0.25) is 0 Å². The van der Waals surface area contributed by atoms with E-state index < -0.39 is 0 Å². The Morgan fingerprint density at radius 3 is 2.68 bits per heavy atom. The molecule has 0 radical (unpaired) electrons. The zero-order chi connectivity index (χ0) is 13.1. The van der Waals surface area contributed by atoms with Gasteiger partial charge in [0.15, 0.2) is 5.82 Å². The Labute approximate surface area is 113 Å². The highest BCUT2D eigenvalue weighted by Gasteiger charge is 2.19. The fourth-order valence-electron chi connectivity index (χ4n) is 2.73. The van der Waals surface area contributed by atoms with Gasteiger partial charge >= 0.3 is 0 Å². The number of nitrogens with one attached hydrogen (secondary N) is 1. The summed E-state index contributed by atoms with van der Waals surface area (Å²) in [6.45, 7) is 2.83. The van der Waals surface area contributed by atoms with E-state index in [9.17, 15) is 0 Å². The van der Waals surface area contributed by atoms with Crippen LogP contribution in [0.15, 0.2) is 30.6 Å². The first-order chi connectivity index (χ1) is 9.33. The van der Waals surface area contributed by atoms with E-state index >= 15 is 0 Å². The zero-order valence-corrected chi connectivity index (χ0v) is 11.3. The molecule has 1 fully saturated rings. The lowest BCUT2D eigenvalue weighted by Gasteiger charge is -2.14. The molecule has 0 atom stereocenters. The van der Waals surface area contributed by atoms with Crippen molar-refractivity contribution in [1.29, 1.82) is 0 Å². The number of anilines is 1. The smallest absolute Gasteiger partial charge is 0.152 e. The lowest BCUT2D eigenvalue weighted by Crippen LogP contribution is -2.12. The maximum absolute atomic E-state index is 4.24. The number of aryl methyl sites for hydroxylation is 1. The highest BCUT2D eigenvalue weighted by Crippen LogP contribution is 2.29. The third kappa shape index (κ3) is 2.78. The summed E-state index contributed by atoms with van der Waals surface area (Å²) in [5.74, 6) is 1.03. The lowest BCUT2D eigenvalue weighted by molar-refractivity contribution is 0.499. The molecule has 0 bridgehead atoms. The normalized spacial score (nSPS) is 15.8. The van der Waals surface area contributed by atoms with Gasteiger partial charge in [0.1, 0.15) is 6.33 Å². The van der Waals surface area contributed by atoms with Crippen LogP contribution in [0.4, 0.5) is 5.69 Å². The van der Waals surface area contributed by atoms with Crippen molar-refractivity contribution in [3.63, 3.8) is 0 Å². The number of rotatable bonds is 4. The quantitative estimate of drug-likeness (QED) is 0.912. The van der Waals surface area contributed by atoms with E-state index in [4.69, 9.17) is 0 Å². The van der Waals surface area contributed by atoms with Crippen LogP contribution in [0.1, 0.15) is 43.1 Å². The fourth-order valence-corrected chi connectivity index (χ4v) is 2.73. The summed E-state index contributed by atoms with van der Waals surface area (Å²) in [6, 6.07) is 9.04. The molecule has 0 spiro atoms. The average molecular weight is 256 g/mol. The van der Waals surface area contributed by atoms with Crippen molar-refractivity contribution in [2.75, 3.05) is 5.32 Å². The van der Waals surface area contributed by atoms with E-state index in [1.807, 2.05) is 6.33 Å². The van der Waals surface area contributed by atoms with Gasteiger partial charge in [0.2, 0.25) is 0 Å². The van der Waals surface area contributed by atoms with Crippen molar-refractivity contribution in [1.82, 2.24) is 14.8 Å². The van der Waals surface area contributed by atoms with Crippen LogP contribution in [-0.2, 0) is 6.54 Å². The molecule has 1 N–H and O–H groups in total. The van der Waals surface area contributed by atoms with Crippen LogP contribution in [0, 0.1) is 6.92 Å². The van der Waals surface area contributed by atoms with Crippen LogP contribution in [-0.4, -0.2) is 14.8 Å². The van der Waals surface area contributed by atoms with Gasteiger partial charge in [-0.3, -0.25) is 0 Å². The standard InChI is InChI=1S/C15H20N4/c1-12-6-8-13(9-7-12)16-10-15-18-17-11-19(15)14-4-2-3-5-14/h6-9,11,14,16H,2-5,10H2,1H3. The fraction of sp³-hybridized carbons (Fsp3) is 0.467. The molecule has 4 nitrogen and oxygen atoms in total. The van der Waals surface area contributed by atoms with Crippen molar-refractivity contribution in [3.05, 3.63) is 42.0 Å². The summed E-state index contributed by atoms with van der Waals surface area (Å²) in [5.41, 5.74) is 2.41. The Morgan fingerprint density at radius 1 is 1.21 bits per heavy atom. The van der Waals surface area contributed by atoms with Crippen molar-refractivity contribution < 1.29 is 0 Å². The average Bonchev–Trinajstić information content (AvgIpc) is 3.08. The number of hydrogen-bond acceptors (Lipinski definition) is 3. The Kier molecular flexibility index (Phi) is 3.49. The molecule has 1 aromatic heterocycles. The predicted octanol–water partition coefficient (Wildman–Crippen LogP) is 3.31. The van der Waals surface area contributed by atoms with E-state index in [1.165, 1.54) is 31.2 Å². The molecular formula is C15H20N4. The van der Waals surface area contributed by atoms with Gasteiger partial charge in [-0.1, -0.05) is 30.5 Å². The SMILES string of the molecule is Cc1ccc(NCc2nncn2C2CCCC2)cc1. The molecule has 100 valence electrons. The summed E-state index contributed by atoms with van der Waals surface area (Å²) in [4.78, 5) is 0. The second-order valence-electron chi connectivity index (χ2n) is 5.31. The predicted molar refractivity (Wildman–Crippen MR) is 76.0 cm³/mol. The highest BCUT2D eigenvalue weighted by atomic mass is 15.3. The minimum Gasteiger partial charge on any atom is -0.378 e. The molecule has 4 heteroatoms. The monoisotopic (exact) mass is 256 g/mol. The molecule has 0 aliphatic heterocycles. The molecule has 1 aliphatic carbocycles. The van der Waals surface area contributed by atoms with Gasteiger partial charge < -0.3 is 9.88 Å². The van der Waals surface area contributed by atoms with Gasteiger partial charge in [0.05, 0.1) is 6.54 Å². The molecule has 2 aromatic rings. The molecule has 1 aromatic carbocycles. The van der Waals surface area contributed by atoms with Crippen LogP contribution in [0.25, 0.3) is 0 Å². The first kappa shape index (κ1) is 12.2. The number of aromatic nitrogens is 3. The molecule has 0 saturated heterocycles. The number of hydrogen-bond donors (Lipinski definition) is 1. The Hall–Kier alpha value is -1.84. The van der Waals surface area contributed by atoms with Gasteiger partial charge in [0.25, 0.3) is 0 Å². The minimum atomic E-state index is 0.602. The van der Waals surface area contributed by atoms with Gasteiger partial charge in [-0.05, 0) is 31.9 Å². The first-order valence-corrected chi connectivity index (χ1v) is 7.02. The topological polar surface area (TPSA) is 42.7 Å². The molecule has 1 saturated carbocycles. The van der Waals surface area contributed by atoms with Crippen molar-refractivity contribution in [2.24, 2.45) is 0 Å². The molecule has 1 aliphatic rings. The Morgan fingerprint density at radius 2 is 1.95 bits per heavy atom. The maximum Gasteiger partial charge on any atom is 0.152 e. The van der Waals surface area contributed by atoms with Gasteiger partial charge in [-0.15, -0.1) is 10.2 Å². The second kappa shape index (κ2) is 5.43. The molecule has 0 amide bonds. The van der Waals surface area contributed by atoms with Crippen LogP contribution < -0.4 is 5.32 Å². The van der Waals surface area contributed by atoms with Gasteiger partial charge in [-0.2, -0.15) is 0 Å². The maximum atomic E-state index is 4.24. The molecule has 0 unspecified atom stereocenters.